The molecule has 0 fully saturated rings. The molecule has 0 radical (unpaired) electrons. The molecule has 5 heteroatoms. The number of likely N-dealkylation sites (N-methyl/N-ethyl adjacent to an activating group) is 1. The van der Waals surface area contributed by atoms with Crippen molar-refractivity contribution in [2.45, 2.75) is 30.7 Å². The minimum absolute atomic E-state index is 0.209. The molecule has 1 atom stereocenters. The van der Waals surface area contributed by atoms with Crippen molar-refractivity contribution < 1.29 is 9.53 Å². The van der Waals surface area contributed by atoms with E-state index in [9.17, 15) is 4.79 Å². The highest BCUT2D eigenvalue weighted by Gasteiger charge is 2.32. The minimum Gasteiger partial charge on any atom is -0.468 e. The zero-order valence-corrected chi connectivity index (χ0v) is 11.9. The number of methoxy groups -OCH3 is 1. The number of esters is 1. The molecule has 0 spiro atoms. The smallest absolute Gasteiger partial charge is 0.325 e. The summed E-state index contributed by atoms with van der Waals surface area (Å²) in [5.41, 5.74) is -0.608. The van der Waals surface area contributed by atoms with Crippen LogP contribution in [0.3, 0.4) is 0 Å². The Balaban J connectivity index is 2.50. The predicted molar refractivity (Wildman–Crippen MR) is 73.7 cm³/mol. The van der Waals surface area contributed by atoms with Gasteiger partial charge in [-0.05, 0) is 32.0 Å². The van der Waals surface area contributed by atoms with Crippen molar-refractivity contribution in [2.24, 2.45) is 0 Å². The van der Waals surface area contributed by atoms with Gasteiger partial charge in [-0.15, -0.1) is 11.8 Å². The molecule has 0 saturated carbocycles. The maximum absolute atomic E-state index is 11.8. The Bertz CT molecular complexity index is 373. The van der Waals surface area contributed by atoms with Crippen LogP contribution in [0.25, 0.3) is 0 Å². The molecular formula is C13H20N2O2S. The van der Waals surface area contributed by atoms with Crippen LogP contribution in [-0.4, -0.2) is 35.9 Å². The number of pyridine rings is 1. The molecule has 4 nitrogen and oxygen atoms in total. The molecule has 1 unspecified atom stereocenters. The fourth-order valence-electron chi connectivity index (χ4n) is 1.69. The van der Waals surface area contributed by atoms with E-state index in [0.29, 0.717) is 0 Å². The van der Waals surface area contributed by atoms with Crippen LogP contribution in [0.4, 0.5) is 0 Å². The summed E-state index contributed by atoms with van der Waals surface area (Å²) < 4.78 is 4.85. The molecule has 0 aromatic carbocycles. The van der Waals surface area contributed by atoms with Gasteiger partial charge in [-0.3, -0.25) is 9.78 Å². The van der Waals surface area contributed by atoms with Crippen LogP contribution in [0.5, 0.6) is 0 Å². The Kier molecular flexibility index (Phi) is 6.15. The highest BCUT2D eigenvalue weighted by Crippen LogP contribution is 2.22. The molecular weight excluding hydrogens is 248 g/mol. The molecule has 0 aliphatic rings. The van der Waals surface area contributed by atoms with Crippen LogP contribution in [0.2, 0.25) is 0 Å². The third-order valence-electron chi connectivity index (χ3n) is 2.72. The Hall–Kier alpha value is -1.07. The fourth-order valence-corrected chi connectivity index (χ4v) is 2.75. The predicted octanol–water partition coefficient (Wildman–Crippen LogP) is 2.10. The molecule has 0 saturated heterocycles. The van der Waals surface area contributed by atoms with Gasteiger partial charge < -0.3 is 10.1 Å². The number of hydrogen-bond acceptors (Lipinski definition) is 5. The van der Waals surface area contributed by atoms with E-state index in [0.717, 1.165) is 23.6 Å². The Morgan fingerprint density at radius 3 is 2.72 bits per heavy atom. The first kappa shape index (κ1) is 15.0. The second-order valence-electron chi connectivity index (χ2n) is 4.14. The number of nitrogens with one attached hydrogen (secondary N) is 1. The van der Waals surface area contributed by atoms with E-state index in [1.807, 2.05) is 26.0 Å². The van der Waals surface area contributed by atoms with E-state index >= 15 is 0 Å². The Labute approximate surface area is 113 Å². The molecule has 1 N–H and O–H groups in total. The van der Waals surface area contributed by atoms with E-state index < -0.39 is 5.54 Å². The molecule has 1 rings (SSSR count). The minimum atomic E-state index is -0.608. The van der Waals surface area contributed by atoms with Crippen molar-refractivity contribution in [2.75, 3.05) is 19.4 Å². The summed E-state index contributed by atoms with van der Waals surface area (Å²) in [4.78, 5) is 16.9. The van der Waals surface area contributed by atoms with Gasteiger partial charge in [0.1, 0.15) is 5.54 Å². The number of aromatic nitrogens is 1. The van der Waals surface area contributed by atoms with Gasteiger partial charge in [0, 0.05) is 23.0 Å². The molecule has 0 aliphatic heterocycles. The van der Waals surface area contributed by atoms with Crippen molar-refractivity contribution in [3.05, 3.63) is 24.5 Å². The zero-order chi connectivity index (χ0) is 13.4. The van der Waals surface area contributed by atoms with Crippen molar-refractivity contribution in [3.63, 3.8) is 0 Å². The number of carbonyl (C=O) groups is 1. The van der Waals surface area contributed by atoms with E-state index in [-0.39, 0.29) is 5.97 Å². The molecule has 0 aliphatic carbocycles. The van der Waals surface area contributed by atoms with E-state index in [4.69, 9.17) is 4.74 Å². The van der Waals surface area contributed by atoms with Gasteiger partial charge in [-0.2, -0.15) is 0 Å². The van der Waals surface area contributed by atoms with Gasteiger partial charge in [0.15, 0.2) is 0 Å². The molecule has 0 amide bonds. The number of ether oxygens (including phenoxy) is 1. The fraction of sp³-hybridized carbons (Fsp3) is 0.538. The lowest BCUT2D eigenvalue weighted by molar-refractivity contribution is -0.147. The molecule has 0 bridgehead atoms. The highest BCUT2D eigenvalue weighted by molar-refractivity contribution is 7.99. The van der Waals surface area contributed by atoms with Crippen LogP contribution in [0.1, 0.15) is 20.3 Å². The topological polar surface area (TPSA) is 51.2 Å². The summed E-state index contributed by atoms with van der Waals surface area (Å²) in [5, 5.41) is 3.20. The van der Waals surface area contributed by atoms with Crippen LogP contribution in [0, 0.1) is 0 Å². The summed E-state index contributed by atoms with van der Waals surface area (Å²) in [6.07, 6.45) is 4.26. The van der Waals surface area contributed by atoms with Crippen LogP contribution >= 0.6 is 11.8 Å². The van der Waals surface area contributed by atoms with E-state index in [2.05, 4.69) is 10.3 Å². The lowest BCUT2D eigenvalue weighted by Crippen LogP contribution is -2.50. The van der Waals surface area contributed by atoms with Crippen LogP contribution < -0.4 is 5.32 Å². The van der Waals surface area contributed by atoms with Gasteiger partial charge >= 0.3 is 5.97 Å². The third-order valence-corrected chi connectivity index (χ3v) is 3.74. The second kappa shape index (κ2) is 7.38. The number of rotatable bonds is 7. The summed E-state index contributed by atoms with van der Waals surface area (Å²) in [5.74, 6) is 0.641. The SMILES string of the molecule is CCNC(C)(CCSc1ccncc1)C(=O)OC. The Morgan fingerprint density at radius 2 is 2.17 bits per heavy atom. The van der Waals surface area contributed by atoms with Crippen molar-refractivity contribution in [1.82, 2.24) is 10.3 Å². The van der Waals surface area contributed by atoms with Gasteiger partial charge in [0.2, 0.25) is 0 Å². The number of nitrogens with zero attached hydrogens (tertiary/aromatic N) is 1. The average Bonchev–Trinajstić information content (AvgIpc) is 2.39. The first-order valence-electron chi connectivity index (χ1n) is 5.98. The first-order valence-corrected chi connectivity index (χ1v) is 6.97. The van der Waals surface area contributed by atoms with Crippen molar-refractivity contribution in [3.8, 4) is 0 Å². The molecule has 1 heterocycles. The van der Waals surface area contributed by atoms with Crippen LogP contribution in [-0.2, 0) is 9.53 Å². The Morgan fingerprint density at radius 1 is 1.50 bits per heavy atom. The summed E-state index contributed by atoms with van der Waals surface area (Å²) in [7, 11) is 1.42. The van der Waals surface area contributed by atoms with Crippen molar-refractivity contribution >= 4 is 17.7 Å². The molecule has 18 heavy (non-hydrogen) atoms. The average molecular weight is 268 g/mol. The van der Waals surface area contributed by atoms with Gasteiger partial charge in [-0.1, -0.05) is 6.92 Å². The van der Waals surface area contributed by atoms with E-state index in [1.165, 1.54) is 7.11 Å². The first-order chi connectivity index (χ1) is 8.62. The monoisotopic (exact) mass is 268 g/mol. The van der Waals surface area contributed by atoms with Crippen molar-refractivity contribution in [1.29, 1.82) is 0 Å². The normalized spacial score (nSPS) is 13.9. The number of carbonyl (C=O) groups excluding carboxylic acids is 1. The molecule has 1 aromatic heterocycles. The van der Waals surface area contributed by atoms with Gasteiger partial charge in [-0.25, -0.2) is 0 Å². The summed E-state index contributed by atoms with van der Waals surface area (Å²) >= 11 is 1.71. The zero-order valence-electron chi connectivity index (χ0n) is 11.1. The maximum atomic E-state index is 11.8. The van der Waals surface area contributed by atoms with Gasteiger partial charge in [0.25, 0.3) is 0 Å². The summed E-state index contributed by atoms with van der Waals surface area (Å²) in [6, 6.07) is 3.93. The largest absolute Gasteiger partial charge is 0.468 e. The third kappa shape index (κ3) is 4.31. The lowest BCUT2D eigenvalue weighted by atomic mass is 9.99. The summed E-state index contributed by atoms with van der Waals surface area (Å²) in [6.45, 7) is 4.61. The van der Waals surface area contributed by atoms with E-state index in [1.54, 1.807) is 24.2 Å². The maximum Gasteiger partial charge on any atom is 0.325 e. The standard InChI is InChI=1S/C13H20N2O2S/c1-4-15-13(2,12(16)17-3)7-10-18-11-5-8-14-9-6-11/h5-6,8-9,15H,4,7,10H2,1-3H3. The quantitative estimate of drug-likeness (QED) is 0.606. The van der Waals surface area contributed by atoms with Crippen LogP contribution in [0.15, 0.2) is 29.4 Å². The number of hydrogen-bond donors (Lipinski definition) is 1. The highest BCUT2D eigenvalue weighted by atomic mass is 32.2. The second-order valence-corrected chi connectivity index (χ2v) is 5.30. The van der Waals surface area contributed by atoms with Gasteiger partial charge in [0.05, 0.1) is 7.11 Å². The molecule has 100 valence electrons. The molecule has 1 aromatic rings. The number of thioether (sulfide) groups is 1. The lowest BCUT2D eigenvalue weighted by Gasteiger charge is -2.27.